The summed E-state index contributed by atoms with van der Waals surface area (Å²) in [5, 5.41) is 3.31. The van der Waals surface area contributed by atoms with Crippen LogP contribution in [0.3, 0.4) is 0 Å². The predicted molar refractivity (Wildman–Crippen MR) is 76.3 cm³/mol. The molecule has 0 atom stereocenters. The largest absolute Gasteiger partial charge is 0.471 e. The van der Waals surface area contributed by atoms with Crippen LogP contribution in [0.25, 0.3) is 11.4 Å². The highest BCUT2D eigenvalue weighted by Crippen LogP contribution is 2.29. The molecule has 9 heteroatoms. The highest BCUT2D eigenvalue weighted by Gasteiger charge is 2.38. The quantitative estimate of drug-likeness (QED) is 0.795. The van der Waals surface area contributed by atoms with Crippen molar-refractivity contribution in [2.24, 2.45) is 0 Å². The predicted octanol–water partition coefficient (Wildman–Crippen LogP) is 2.27. The van der Waals surface area contributed by atoms with E-state index in [9.17, 15) is 18.0 Å². The first-order chi connectivity index (χ1) is 11.4. The molecular weight excluding hydrogens is 327 g/mol. The average Bonchev–Trinajstić information content (AvgIpc) is 3.06. The molecule has 1 aliphatic heterocycles. The number of carbonyl (C=O) groups is 1. The van der Waals surface area contributed by atoms with Crippen LogP contribution in [-0.2, 0) is 10.9 Å². The number of ether oxygens (including phenoxy) is 1. The molecule has 0 amide bonds. The van der Waals surface area contributed by atoms with Crippen LogP contribution in [0.1, 0.15) is 16.2 Å². The lowest BCUT2D eigenvalue weighted by atomic mass is 10.1. The Balaban J connectivity index is 1.68. The second-order valence-electron chi connectivity index (χ2n) is 5.31. The maximum atomic E-state index is 12.5. The summed E-state index contributed by atoms with van der Waals surface area (Å²) in [6.07, 6.45) is -4.68. The Hall–Kier alpha value is -2.26. The maximum Gasteiger partial charge on any atom is 0.471 e. The minimum atomic E-state index is -4.68. The molecule has 0 saturated carbocycles. The Kier molecular flexibility index (Phi) is 4.63. The van der Waals surface area contributed by atoms with Gasteiger partial charge in [0.2, 0.25) is 5.82 Å². The van der Waals surface area contributed by atoms with Crippen molar-refractivity contribution in [1.82, 2.24) is 15.0 Å². The van der Waals surface area contributed by atoms with E-state index >= 15 is 0 Å². The van der Waals surface area contributed by atoms with Crippen LogP contribution in [0.15, 0.2) is 28.8 Å². The third-order valence-electron chi connectivity index (χ3n) is 3.60. The zero-order valence-electron chi connectivity index (χ0n) is 12.5. The van der Waals surface area contributed by atoms with Gasteiger partial charge in [-0.3, -0.25) is 9.69 Å². The van der Waals surface area contributed by atoms with Crippen molar-refractivity contribution in [2.45, 2.75) is 6.18 Å². The average molecular weight is 341 g/mol. The van der Waals surface area contributed by atoms with E-state index in [1.54, 1.807) is 12.1 Å². The van der Waals surface area contributed by atoms with E-state index in [4.69, 9.17) is 4.74 Å². The van der Waals surface area contributed by atoms with Crippen molar-refractivity contribution >= 4 is 5.78 Å². The fourth-order valence-electron chi connectivity index (χ4n) is 2.31. The van der Waals surface area contributed by atoms with E-state index in [2.05, 4.69) is 14.7 Å². The lowest BCUT2D eigenvalue weighted by molar-refractivity contribution is -0.159. The Labute approximate surface area is 135 Å². The number of nitrogens with zero attached hydrogens (tertiary/aromatic N) is 3. The van der Waals surface area contributed by atoms with Gasteiger partial charge in [0.25, 0.3) is 0 Å². The topological polar surface area (TPSA) is 68.5 Å². The van der Waals surface area contributed by atoms with Gasteiger partial charge >= 0.3 is 12.1 Å². The van der Waals surface area contributed by atoms with Gasteiger partial charge in [0.05, 0.1) is 19.8 Å². The number of Topliss-reactive ketones (excluding diaryl/α,β-unsaturated/α-hetero) is 1. The van der Waals surface area contributed by atoms with Gasteiger partial charge in [-0.15, -0.1) is 0 Å². The van der Waals surface area contributed by atoms with E-state index in [0.717, 1.165) is 0 Å². The Morgan fingerprint density at radius 2 is 1.83 bits per heavy atom. The first kappa shape index (κ1) is 16.6. The molecule has 0 bridgehead atoms. The summed E-state index contributed by atoms with van der Waals surface area (Å²) in [4.78, 5) is 17.5. The SMILES string of the molecule is O=C(CN1CCOCC1)c1ccc(-c2noc(C(F)(F)F)n2)cc1. The van der Waals surface area contributed by atoms with Crippen molar-refractivity contribution in [3.8, 4) is 11.4 Å². The van der Waals surface area contributed by atoms with Gasteiger partial charge in [-0.25, -0.2) is 0 Å². The first-order valence-electron chi connectivity index (χ1n) is 7.28. The number of hydrogen-bond acceptors (Lipinski definition) is 6. The van der Waals surface area contributed by atoms with Gasteiger partial charge < -0.3 is 9.26 Å². The van der Waals surface area contributed by atoms with E-state index in [1.807, 2.05) is 4.90 Å². The molecule has 1 saturated heterocycles. The van der Waals surface area contributed by atoms with Crippen LogP contribution in [0.2, 0.25) is 0 Å². The molecule has 1 aliphatic rings. The van der Waals surface area contributed by atoms with Crippen molar-refractivity contribution in [1.29, 1.82) is 0 Å². The Morgan fingerprint density at radius 3 is 2.42 bits per heavy atom. The third kappa shape index (κ3) is 3.80. The molecule has 128 valence electrons. The minimum absolute atomic E-state index is 0.0625. The number of hydrogen-bond donors (Lipinski definition) is 0. The lowest BCUT2D eigenvalue weighted by Crippen LogP contribution is -2.39. The van der Waals surface area contributed by atoms with Gasteiger partial charge in [0.1, 0.15) is 0 Å². The summed E-state index contributed by atoms with van der Waals surface area (Å²) in [7, 11) is 0. The van der Waals surface area contributed by atoms with Crippen molar-refractivity contribution in [3.63, 3.8) is 0 Å². The molecule has 0 N–H and O–H groups in total. The van der Waals surface area contributed by atoms with Crippen LogP contribution in [0.4, 0.5) is 13.2 Å². The molecule has 0 aliphatic carbocycles. The van der Waals surface area contributed by atoms with Crippen LogP contribution < -0.4 is 0 Å². The number of benzene rings is 1. The van der Waals surface area contributed by atoms with Crippen LogP contribution in [0.5, 0.6) is 0 Å². The smallest absolute Gasteiger partial charge is 0.379 e. The highest BCUT2D eigenvalue weighted by molar-refractivity contribution is 5.97. The molecule has 0 radical (unpaired) electrons. The van der Waals surface area contributed by atoms with E-state index in [0.29, 0.717) is 37.4 Å². The first-order valence-corrected chi connectivity index (χ1v) is 7.28. The molecule has 0 spiro atoms. The molecule has 6 nitrogen and oxygen atoms in total. The summed E-state index contributed by atoms with van der Waals surface area (Å²) >= 11 is 0. The van der Waals surface area contributed by atoms with Gasteiger partial charge in [-0.05, 0) is 0 Å². The second kappa shape index (κ2) is 6.70. The van der Waals surface area contributed by atoms with Gasteiger partial charge in [-0.2, -0.15) is 18.2 Å². The van der Waals surface area contributed by atoms with Gasteiger partial charge in [0.15, 0.2) is 5.78 Å². The number of alkyl halides is 3. The second-order valence-corrected chi connectivity index (χ2v) is 5.31. The van der Waals surface area contributed by atoms with Crippen LogP contribution >= 0.6 is 0 Å². The molecule has 0 unspecified atom stereocenters. The standard InChI is InChI=1S/C15H14F3N3O3/c16-15(17,18)14-19-13(20-24-14)11-3-1-10(2-4-11)12(22)9-21-5-7-23-8-6-21/h1-4H,5-9H2. The van der Waals surface area contributed by atoms with Gasteiger partial charge in [-0.1, -0.05) is 29.4 Å². The molecular formula is C15H14F3N3O3. The lowest BCUT2D eigenvalue weighted by Gasteiger charge is -2.25. The Morgan fingerprint density at radius 1 is 1.17 bits per heavy atom. The number of aromatic nitrogens is 2. The van der Waals surface area contributed by atoms with Crippen molar-refractivity contribution in [3.05, 3.63) is 35.7 Å². The van der Waals surface area contributed by atoms with E-state index in [-0.39, 0.29) is 18.2 Å². The highest BCUT2D eigenvalue weighted by atomic mass is 19.4. The van der Waals surface area contributed by atoms with Crippen molar-refractivity contribution in [2.75, 3.05) is 32.8 Å². The fourth-order valence-corrected chi connectivity index (χ4v) is 2.31. The van der Waals surface area contributed by atoms with Crippen LogP contribution in [-0.4, -0.2) is 53.7 Å². The molecule has 1 aromatic heterocycles. The maximum absolute atomic E-state index is 12.5. The summed E-state index contributed by atoms with van der Waals surface area (Å²) in [5.74, 6) is -1.63. The molecule has 24 heavy (non-hydrogen) atoms. The fraction of sp³-hybridized carbons (Fsp3) is 0.400. The Bertz CT molecular complexity index is 707. The molecule has 2 aromatic rings. The van der Waals surface area contributed by atoms with Gasteiger partial charge in [0, 0.05) is 24.2 Å². The number of halogens is 3. The third-order valence-corrected chi connectivity index (χ3v) is 3.60. The molecule has 3 rings (SSSR count). The molecule has 1 aromatic carbocycles. The summed E-state index contributed by atoms with van der Waals surface area (Å²) in [6, 6.07) is 6.08. The summed E-state index contributed by atoms with van der Waals surface area (Å²) < 4.78 is 46.8. The minimum Gasteiger partial charge on any atom is -0.379 e. The monoisotopic (exact) mass is 341 g/mol. The number of morpholine rings is 1. The molecule has 1 fully saturated rings. The zero-order valence-corrected chi connectivity index (χ0v) is 12.5. The number of rotatable bonds is 4. The molecule has 2 heterocycles. The van der Waals surface area contributed by atoms with Crippen LogP contribution in [0, 0.1) is 0 Å². The normalized spacial score (nSPS) is 16.3. The van der Waals surface area contributed by atoms with E-state index in [1.165, 1.54) is 12.1 Å². The number of carbonyl (C=O) groups excluding carboxylic acids is 1. The summed E-state index contributed by atoms with van der Waals surface area (Å²) in [6.45, 7) is 2.89. The zero-order chi connectivity index (χ0) is 17.2. The number of ketones is 1. The van der Waals surface area contributed by atoms with E-state index < -0.39 is 12.1 Å². The summed E-state index contributed by atoms with van der Waals surface area (Å²) in [5.41, 5.74) is 0.821. The van der Waals surface area contributed by atoms with Crippen molar-refractivity contribution < 1.29 is 27.2 Å².